The lowest BCUT2D eigenvalue weighted by molar-refractivity contribution is 0.565. The summed E-state index contributed by atoms with van der Waals surface area (Å²) in [6.07, 6.45) is 4.16. The van der Waals surface area contributed by atoms with Gasteiger partial charge in [0.05, 0.1) is 0 Å². The highest BCUT2D eigenvalue weighted by Gasteiger charge is 2.10. The lowest BCUT2D eigenvalue weighted by Gasteiger charge is -2.02. The SMILES string of the molecule is CCCCCCn1c(=O)c2ccccc2c2ccccc2c1=O. The maximum atomic E-state index is 12.9. The minimum absolute atomic E-state index is 0.182. The predicted molar refractivity (Wildman–Crippen MR) is 96.1 cm³/mol. The molecule has 0 spiro atoms. The Balaban J connectivity index is 2.31. The third kappa shape index (κ3) is 2.91. The van der Waals surface area contributed by atoms with E-state index in [1.807, 2.05) is 48.5 Å². The van der Waals surface area contributed by atoms with E-state index in [9.17, 15) is 9.59 Å². The van der Waals surface area contributed by atoms with E-state index in [0.717, 1.165) is 36.5 Å². The average molecular weight is 307 g/mol. The van der Waals surface area contributed by atoms with Crippen molar-refractivity contribution in [2.45, 2.75) is 39.2 Å². The quantitative estimate of drug-likeness (QED) is 0.666. The van der Waals surface area contributed by atoms with Crippen LogP contribution in [0.2, 0.25) is 0 Å². The van der Waals surface area contributed by atoms with E-state index < -0.39 is 0 Å². The van der Waals surface area contributed by atoms with Crippen molar-refractivity contribution in [1.82, 2.24) is 4.57 Å². The molecule has 0 saturated heterocycles. The average Bonchev–Trinajstić information content (AvgIpc) is 2.68. The van der Waals surface area contributed by atoms with Gasteiger partial charge in [0.1, 0.15) is 0 Å². The molecular formula is C20H21NO2. The highest BCUT2D eigenvalue weighted by molar-refractivity contribution is 6.05. The van der Waals surface area contributed by atoms with E-state index in [1.54, 1.807) is 0 Å². The first-order valence-electron chi connectivity index (χ1n) is 8.28. The fraction of sp³-hybridized carbons (Fsp3) is 0.300. The summed E-state index contributed by atoms with van der Waals surface area (Å²) in [5, 5.41) is 2.91. The van der Waals surface area contributed by atoms with Crippen LogP contribution in [-0.4, -0.2) is 4.57 Å². The minimum Gasteiger partial charge on any atom is -0.274 e. The zero-order valence-corrected chi connectivity index (χ0v) is 13.4. The van der Waals surface area contributed by atoms with E-state index in [2.05, 4.69) is 6.92 Å². The second-order valence-corrected chi connectivity index (χ2v) is 5.91. The lowest BCUT2D eigenvalue weighted by Crippen LogP contribution is -2.30. The number of hydrogen-bond donors (Lipinski definition) is 0. The van der Waals surface area contributed by atoms with Crippen molar-refractivity contribution >= 4 is 21.5 Å². The number of aromatic nitrogens is 1. The first kappa shape index (κ1) is 15.5. The van der Waals surface area contributed by atoms with Gasteiger partial charge in [0.15, 0.2) is 0 Å². The van der Waals surface area contributed by atoms with E-state index >= 15 is 0 Å². The molecule has 1 heterocycles. The third-order valence-corrected chi connectivity index (χ3v) is 4.33. The minimum atomic E-state index is -0.182. The summed E-state index contributed by atoms with van der Waals surface area (Å²) in [6.45, 7) is 2.63. The second-order valence-electron chi connectivity index (χ2n) is 5.91. The van der Waals surface area contributed by atoms with Gasteiger partial charge >= 0.3 is 0 Å². The fourth-order valence-electron chi connectivity index (χ4n) is 3.09. The van der Waals surface area contributed by atoms with Crippen LogP contribution >= 0.6 is 0 Å². The summed E-state index contributed by atoms with van der Waals surface area (Å²) in [4.78, 5) is 25.8. The second kappa shape index (κ2) is 6.78. The molecule has 23 heavy (non-hydrogen) atoms. The Hall–Kier alpha value is -2.42. The molecule has 3 heteroatoms. The van der Waals surface area contributed by atoms with Crippen LogP contribution in [0.3, 0.4) is 0 Å². The highest BCUT2D eigenvalue weighted by Crippen LogP contribution is 2.19. The number of benzene rings is 2. The molecule has 3 aromatic rings. The van der Waals surface area contributed by atoms with Crippen molar-refractivity contribution < 1.29 is 0 Å². The standard InChI is InChI=1S/C20H21NO2/c1-2-3-4-9-14-21-19(22)17-12-7-5-10-15(17)16-11-6-8-13-18(16)20(21)23/h5-8,10-13H,2-4,9,14H2,1H3. The Morgan fingerprint density at radius 1 is 0.696 bits per heavy atom. The Morgan fingerprint density at radius 2 is 1.17 bits per heavy atom. The lowest BCUT2D eigenvalue weighted by atomic mass is 10.1. The molecule has 3 nitrogen and oxygen atoms in total. The van der Waals surface area contributed by atoms with Crippen molar-refractivity contribution in [3.8, 4) is 0 Å². The monoisotopic (exact) mass is 307 g/mol. The topological polar surface area (TPSA) is 39.1 Å². The van der Waals surface area contributed by atoms with Crippen LogP contribution in [0.4, 0.5) is 0 Å². The molecule has 0 fully saturated rings. The number of fused-ring (bicyclic) bond motifs is 3. The summed E-state index contributed by atoms with van der Waals surface area (Å²) in [7, 11) is 0. The largest absolute Gasteiger partial charge is 0.274 e. The van der Waals surface area contributed by atoms with Gasteiger partial charge in [0, 0.05) is 17.3 Å². The molecule has 0 saturated carbocycles. The molecule has 1 aromatic heterocycles. The molecule has 3 rings (SSSR count). The summed E-state index contributed by atoms with van der Waals surface area (Å²) in [5.41, 5.74) is -0.364. The highest BCUT2D eigenvalue weighted by atomic mass is 16.2. The smallest absolute Gasteiger partial charge is 0.261 e. The fourth-order valence-corrected chi connectivity index (χ4v) is 3.09. The normalized spacial score (nSPS) is 11.2. The number of hydrogen-bond acceptors (Lipinski definition) is 2. The number of unbranched alkanes of at least 4 members (excludes halogenated alkanes) is 3. The summed E-state index contributed by atoms with van der Waals surface area (Å²) in [6, 6.07) is 15.0. The van der Waals surface area contributed by atoms with Crippen molar-refractivity contribution in [3.63, 3.8) is 0 Å². The predicted octanol–water partition coefficient (Wildman–Crippen LogP) is 4.10. The van der Waals surface area contributed by atoms with Crippen LogP contribution in [0.15, 0.2) is 58.1 Å². The third-order valence-electron chi connectivity index (χ3n) is 4.33. The van der Waals surface area contributed by atoms with Crippen molar-refractivity contribution in [1.29, 1.82) is 0 Å². The van der Waals surface area contributed by atoms with Crippen LogP contribution in [0.25, 0.3) is 21.5 Å². The van der Waals surface area contributed by atoms with Gasteiger partial charge < -0.3 is 0 Å². The van der Waals surface area contributed by atoms with Gasteiger partial charge in [0.2, 0.25) is 0 Å². The maximum Gasteiger partial charge on any atom is 0.261 e. The first-order chi connectivity index (χ1) is 11.2. The van der Waals surface area contributed by atoms with Gasteiger partial charge in [-0.25, -0.2) is 0 Å². The van der Waals surface area contributed by atoms with Gasteiger partial charge in [-0.05, 0) is 29.3 Å². The Morgan fingerprint density at radius 3 is 1.65 bits per heavy atom. The van der Waals surface area contributed by atoms with E-state index in [1.165, 1.54) is 4.57 Å². The number of nitrogens with zero attached hydrogens (tertiary/aromatic N) is 1. The summed E-state index contributed by atoms with van der Waals surface area (Å²) >= 11 is 0. The van der Waals surface area contributed by atoms with Crippen molar-refractivity contribution in [3.05, 3.63) is 69.2 Å². The molecule has 0 N–H and O–H groups in total. The molecule has 0 aliphatic carbocycles. The molecule has 0 bridgehead atoms. The molecule has 0 radical (unpaired) electrons. The van der Waals surface area contributed by atoms with E-state index in [4.69, 9.17) is 0 Å². The number of rotatable bonds is 5. The van der Waals surface area contributed by atoms with Gasteiger partial charge in [-0.2, -0.15) is 0 Å². The van der Waals surface area contributed by atoms with Crippen molar-refractivity contribution in [2.24, 2.45) is 0 Å². The van der Waals surface area contributed by atoms with Crippen molar-refractivity contribution in [2.75, 3.05) is 0 Å². The van der Waals surface area contributed by atoms with Crippen LogP contribution in [0, 0.1) is 0 Å². The van der Waals surface area contributed by atoms with Gasteiger partial charge in [-0.3, -0.25) is 14.2 Å². The molecular weight excluding hydrogens is 286 g/mol. The Bertz CT molecular complexity index is 884. The Labute approximate surface area is 135 Å². The van der Waals surface area contributed by atoms with Gasteiger partial charge in [0.25, 0.3) is 11.1 Å². The van der Waals surface area contributed by atoms with Crippen LogP contribution in [0.1, 0.15) is 32.6 Å². The molecule has 2 aromatic carbocycles. The zero-order valence-electron chi connectivity index (χ0n) is 13.4. The molecule has 0 amide bonds. The maximum absolute atomic E-state index is 12.9. The molecule has 0 unspecified atom stereocenters. The first-order valence-corrected chi connectivity index (χ1v) is 8.28. The van der Waals surface area contributed by atoms with Crippen LogP contribution < -0.4 is 11.1 Å². The molecule has 118 valence electrons. The molecule has 0 aliphatic heterocycles. The summed E-state index contributed by atoms with van der Waals surface area (Å²) in [5.74, 6) is 0. The van der Waals surface area contributed by atoms with E-state index in [-0.39, 0.29) is 11.1 Å². The van der Waals surface area contributed by atoms with Crippen LogP contribution in [-0.2, 0) is 6.54 Å². The van der Waals surface area contributed by atoms with E-state index in [0.29, 0.717) is 17.3 Å². The molecule has 0 aliphatic rings. The summed E-state index contributed by atoms with van der Waals surface area (Å²) < 4.78 is 1.42. The zero-order chi connectivity index (χ0) is 16.2. The molecule has 0 atom stereocenters. The van der Waals surface area contributed by atoms with Gasteiger partial charge in [-0.15, -0.1) is 0 Å². The van der Waals surface area contributed by atoms with Crippen LogP contribution in [0.5, 0.6) is 0 Å². The van der Waals surface area contributed by atoms with Gasteiger partial charge in [-0.1, -0.05) is 62.6 Å². The Kier molecular flexibility index (Phi) is 4.56.